The summed E-state index contributed by atoms with van der Waals surface area (Å²) in [7, 11) is 0. The van der Waals surface area contributed by atoms with Crippen molar-refractivity contribution in [2.75, 3.05) is 0 Å². The Kier molecular flexibility index (Phi) is 1.36. The van der Waals surface area contributed by atoms with E-state index in [0.717, 1.165) is 18.4 Å². The molecule has 0 bridgehead atoms. The summed E-state index contributed by atoms with van der Waals surface area (Å²) in [5, 5.41) is 0. The molecular weight excluding hydrogens is 200 g/mol. The van der Waals surface area contributed by atoms with E-state index in [1.54, 1.807) is 0 Å². The largest absolute Gasteiger partial charge is 0.365 e. The average molecular weight is 218 g/mol. The number of hydrogen-bond donors (Lipinski definition) is 0. The molecule has 86 valence electrons. The zero-order valence-electron chi connectivity index (χ0n) is 9.95. The molecule has 0 aromatic carbocycles. The van der Waals surface area contributed by atoms with Gasteiger partial charge in [0.25, 0.3) is 0 Å². The molecule has 0 N–H and O–H groups in total. The van der Waals surface area contributed by atoms with E-state index in [2.05, 4.69) is 20.4 Å². The fraction of sp³-hybridized carbons (Fsp3) is 0.786. The molecule has 0 amide bonds. The maximum atomic E-state index is 12.2. The number of hydrogen-bond acceptors (Lipinski definition) is 2. The van der Waals surface area contributed by atoms with E-state index in [-0.39, 0.29) is 16.9 Å². The first-order valence-corrected chi connectivity index (χ1v) is 6.40. The lowest BCUT2D eigenvalue weighted by Crippen LogP contribution is -2.35. The van der Waals surface area contributed by atoms with E-state index < -0.39 is 0 Å². The van der Waals surface area contributed by atoms with Crippen LogP contribution < -0.4 is 0 Å². The van der Waals surface area contributed by atoms with Crippen LogP contribution in [0.5, 0.6) is 0 Å². The summed E-state index contributed by atoms with van der Waals surface area (Å²) in [6, 6.07) is 0. The number of carbonyl (C=O) groups excluding carboxylic acids is 1. The van der Waals surface area contributed by atoms with Crippen LogP contribution in [-0.2, 0) is 9.53 Å². The first kappa shape index (κ1) is 9.41. The van der Waals surface area contributed by atoms with Gasteiger partial charge in [0.05, 0.1) is 6.10 Å². The number of carbonyl (C=O) groups is 1. The van der Waals surface area contributed by atoms with E-state index in [1.807, 2.05) is 0 Å². The van der Waals surface area contributed by atoms with Crippen LogP contribution in [0, 0.1) is 23.2 Å². The zero-order chi connectivity index (χ0) is 11.3. The third kappa shape index (κ3) is 0.692. The minimum absolute atomic E-state index is 0.0681. The van der Waals surface area contributed by atoms with E-state index >= 15 is 0 Å². The minimum atomic E-state index is 0.0681. The molecule has 2 heteroatoms. The monoisotopic (exact) mass is 218 g/mol. The van der Waals surface area contributed by atoms with Gasteiger partial charge in [-0.3, -0.25) is 4.79 Å². The van der Waals surface area contributed by atoms with Gasteiger partial charge < -0.3 is 4.74 Å². The van der Waals surface area contributed by atoms with Crippen molar-refractivity contribution in [3.8, 4) is 0 Å². The molecule has 4 aliphatic rings. The lowest BCUT2D eigenvalue weighted by atomic mass is 9.72. The highest BCUT2D eigenvalue weighted by Crippen LogP contribution is 2.75. The lowest BCUT2D eigenvalue weighted by Gasteiger charge is -2.30. The number of Topliss-reactive ketones (excluding diaryl/α,β-unsaturated/α-hetero) is 1. The first-order valence-electron chi connectivity index (χ1n) is 6.40. The first-order chi connectivity index (χ1) is 7.50. The molecule has 0 aromatic rings. The van der Waals surface area contributed by atoms with Gasteiger partial charge in [0.2, 0.25) is 0 Å². The molecule has 0 unspecified atom stereocenters. The topological polar surface area (TPSA) is 29.6 Å². The Morgan fingerprint density at radius 3 is 2.75 bits per heavy atom. The second-order valence-electron chi connectivity index (χ2n) is 6.61. The Morgan fingerprint density at radius 2 is 2.06 bits per heavy atom. The molecule has 1 heterocycles. The van der Waals surface area contributed by atoms with E-state index in [9.17, 15) is 4.79 Å². The minimum Gasteiger partial charge on any atom is -0.365 e. The smallest absolute Gasteiger partial charge is 0.162 e. The van der Waals surface area contributed by atoms with Crippen LogP contribution in [0.4, 0.5) is 0 Å². The number of rotatable bonds is 0. The molecule has 1 spiro atoms. The lowest BCUT2D eigenvalue weighted by molar-refractivity contribution is -0.119. The van der Waals surface area contributed by atoms with Gasteiger partial charge in [-0.25, -0.2) is 0 Å². The highest BCUT2D eigenvalue weighted by atomic mass is 16.6. The third-order valence-electron chi connectivity index (χ3n) is 5.97. The van der Waals surface area contributed by atoms with Crippen molar-refractivity contribution in [2.45, 2.75) is 44.8 Å². The Labute approximate surface area is 96.0 Å². The zero-order valence-corrected chi connectivity index (χ0v) is 9.95. The summed E-state index contributed by atoms with van der Waals surface area (Å²) >= 11 is 0. The average Bonchev–Trinajstić information content (AvgIpc) is 2.68. The van der Waals surface area contributed by atoms with Gasteiger partial charge in [-0.1, -0.05) is 20.4 Å². The van der Waals surface area contributed by atoms with Crippen LogP contribution in [0.15, 0.2) is 12.2 Å². The van der Waals surface area contributed by atoms with E-state index in [0.29, 0.717) is 23.7 Å². The predicted octanol–water partition coefficient (Wildman–Crippen LogP) is 2.34. The molecule has 4 fully saturated rings. The summed E-state index contributed by atoms with van der Waals surface area (Å²) < 4.78 is 6.02. The maximum absolute atomic E-state index is 12.2. The molecule has 16 heavy (non-hydrogen) atoms. The van der Waals surface area contributed by atoms with Crippen molar-refractivity contribution < 1.29 is 9.53 Å². The van der Waals surface area contributed by atoms with Crippen molar-refractivity contribution in [3.05, 3.63) is 12.2 Å². The van der Waals surface area contributed by atoms with Crippen molar-refractivity contribution in [1.29, 1.82) is 0 Å². The van der Waals surface area contributed by atoms with Gasteiger partial charge in [-0.2, -0.15) is 0 Å². The molecule has 3 aliphatic carbocycles. The Morgan fingerprint density at radius 1 is 1.31 bits per heavy atom. The van der Waals surface area contributed by atoms with Gasteiger partial charge in [0.15, 0.2) is 5.78 Å². The van der Waals surface area contributed by atoms with Gasteiger partial charge in [-0.05, 0) is 30.8 Å². The Hall–Kier alpha value is -0.630. The highest BCUT2D eigenvalue weighted by Gasteiger charge is 2.81. The van der Waals surface area contributed by atoms with Crippen LogP contribution in [0.1, 0.15) is 33.1 Å². The van der Waals surface area contributed by atoms with Gasteiger partial charge >= 0.3 is 0 Å². The second-order valence-corrected chi connectivity index (χ2v) is 6.61. The molecule has 0 radical (unpaired) electrons. The van der Waals surface area contributed by atoms with Crippen LogP contribution in [0.2, 0.25) is 0 Å². The fourth-order valence-electron chi connectivity index (χ4n) is 5.21. The van der Waals surface area contributed by atoms with Crippen LogP contribution >= 0.6 is 0 Å². The molecule has 1 aliphatic heterocycles. The molecule has 5 atom stereocenters. The molecule has 4 rings (SSSR count). The third-order valence-corrected chi connectivity index (χ3v) is 5.97. The summed E-state index contributed by atoms with van der Waals surface area (Å²) in [4.78, 5) is 12.2. The van der Waals surface area contributed by atoms with Crippen molar-refractivity contribution >= 4 is 5.78 Å². The summed E-state index contributed by atoms with van der Waals surface area (Å²) in [5.74, 6) is 1.55. The van der Waals surface area contributed by atoms with Gasteiger partial charge in [-0.15, -0.1) is 0 Å². The number of ether oxygens (including phenoxy) is 1. The number of ketones is 1. The van der Waals surface area contributed by atoms with Crippen molar-refractivity contribution in [3.63, 3.8) is 0 Å². The van der Waals surface area contributed by atoms with Crippen LogP contribution in [0.25, 0.3) is 0 Å². The predicted molar refractivity (Wildman–Crippen MR) is 59.9 cm³/mol. The molecular formula is C14H18O2. The summed E-state index contributed by atoms with van der Waals surface area (Å²) in [5.41, 5.74) is 1.10. The van der Waals surface area contributed by atoms with E-state index in [1.165, 1.54) is 6.42 Å². The van der Waals surface area contributed by atoms with Crippen molar-refractivity contribution in [2.24, 2.45) is 23.2 Å². The molecule has 2 nitrogen and oxygen atoms in total. The normalized spacial score (nSPS) is 56.1. The number of allylic oxidation sites excluding steroid dienone is 1. The summed E-state index contributed by atoms with van der Waals surface area (Å²) in [6.45, 7) is 8.56. The van der Waals surface area contributed by atoms with Crippen LogP contribution in [0.3, 0.4) is 0 Å². The quantitative estimate of drug-likeness (QED) is 0.461. The van der Waals surface area contributed by atoms with Gasteiger partial charge in [0.1, 0.15) is 5.60 Å². The number of fused-ring (bicyclic) bond motifs is 2. The Bertz CT molecular complexity index is 422. The fourth-order valence-corrected chi connectivity index (χ4v) is 5.21. The maximum Gasteiger partial charge on any atom is 0.162 e. The van der Waals surface area contributed by atoms with Crippen molar-refractivity contribution in [1.82, 2.24) is 0 Å². The highest BCUT2D eigenvalue weighted by molar-refractivity contribution is 6.00. The summed E-state index contributed by atoms with van der Waals surface area (Å²) in [6.07, 6.45) is 3.72. The SMILES string of the molecule is C=C1C[C@@H]2[C@H](C1=O)[C@@H]1CC[C@H]3O[C@]31C2(C)C. The molecule has 3 saturated carbocycles. The standard InChI is InChI=1S/C14H18O2/c1-7-6-9-11(12(7)15)8-4-5-10-14(8,16-10)13(9,2)3/h8-11H,1,4-6H2,2-3H3/t8-,9+,10+,11+,14-/m0/s1. The van der Waals surface area contributed by atoms with Crippen LogP contribution in [-0.4, -0.2) is 17.5 Å². The second kappa shape index (κ2) is 2.31. The molecule has 0 aromatic heterocycles. The van der Waals surface area contributed by atoms with E-state index in [4.69, 9.17) is 4.74 Å². The Balaban J connectivity index is 1.87. The molecule has 1 saturated heterocycles. The van der Waals surface area contributed by atoms with Gasteiger partial charge in [0, 0.05) is 17.3 Å². The number of epoxide rings is 1.